The molecule has 0 aromatic carbocycles. The molecule has 0 spiro atoms. The van der Waals surface area contributed by atoms with Crippen molar-refractivity contribution in [1.82, 2.24) is 14.5 Å². The fourth-order valence-electron chi connectivity index (χ4n) is 2.87. The topological polar surface area (TPSA) is 123 Å². The molecule has 0 bridgehead atoms. The van der Waals surface area contributed by atoms with Gasteiger partial charge in [-0.3, -0.25) is 19.1 Å². The van der Waals surface area contributed by atoms with Crippen molar-refractivity contribution in [2.75, 3.05) is 23.8 Å². The lowest BCUT2D eigenvalue weighted by atomic mass is 10.2. The van der Waals surface area contributed by atoms with Crippen LogP contribution in [0.15, 0.2) is 27.9 Å². The number of anilines is 2. The molecule has 0 aliphatic heterocycles. The Morgan fingerprint density at radius 1 is 1.29 bits per heavy atom. The molecule has 9 nitrogen and oxygen atoms in total. The lowest BCUT2D eigenvalue weighted by molar-refractivity contribution is 0.0981. The number of rotatable bonds is 9. The standard InChI is InChI=1S/C19H27N5O4/c1-4-7-12-23(18(26)13-9-8-10-21-17(13)28-6-3)14-15(20)24(11-5-2)19(27)22-16(14)25/h8-10H,4-7,11-12,20H2,1-3H3,(H,22,25,27). The summed E-state index contributed by atoms with van der Waals surface area (Å²) in [5.41, 5.74) is 5.07. The summed E-state index contributed by atoms with van der Waals surface area (Å²) in [7, 11) is 0. The highest BCUT2D eigenvalue weighted by Gasteiger charge is 2.27. The second-order valence-electron chi connectivity index (χ2n) is 6.24. The third-order valence-electron chi connectivity index (χ3n) is 4.19. The number of nitrogens with one attached hydrogen (secondary N) is 1. The maximum absolute atomic E-state index is 13.3. The van der Waals surface area contributed by atoms with Gasteiger partial charge in [-0.25, -0.2) is 9.78 Å². The summed E-state index contributed by atoms with van der Waals surface area (Å²) in [5, 5.41) is 0. The van der Waals surface area contributed by atoms with Crippen LogP contribution in [0.5, 0.6) is 5.88 Å². The molecular weight excluding hydrogens is 362 g/mol. The summed E-state index contributed by atoms with van der Waals surface area (Å²) in [4.78, 5) is 45.7. The van der Waals surface area contributed by atoms with Crippen LogP contribution in [0.4, 0.5) is 11.5 Å². The van der Waals surface area contributed by atoms with Crippen molar-refractivity contribution in [2.24, 2.45) is 0 Å². The number of nitrogens with two attached hydrogens (primary N) is 1. The molecule has 0 atom stereocenters. The van der Waals surface area contributed by atoms with Crippen molar-refractivity contribution in [1.29, 1.82) is 0 Å². The monoisotopic (exact) mass is 389 g/mol. The number of amides is 1. The van der Waals surface area contributed by atoms with Crippen molar-refractivity contribution in [2.45, 2.75) is 46.6 Å². The number of hydrogen-bond acceptors (Lipinski definition) is 6. The van der Waals surface area contributed by atoms with E-state index in [0.29, 0.717) is 26.0 Å². The highest BCUT2D eigenvalue weighted by atomic mass is 16.5. The molecule has 2 aromatic rings. The molecule has 0 radical (unpaired) electrons. The predicted octanol–water partition coefficient (Wildman–Crippen LogP) is 1.77. The van der Waals surface area contributed by atoms with Gasteiger partial charge in [-0.15, -0.1) is 0 Å². The minimum atomic E-state index is -0.693. The van der Waals surface area contributed by atoms with Crippen LogP contribution in [-0.2, 0) is 6.54 Å². The van der Waals surface area contributed by atoms with Gasteiger partial charge < -0.3 is 15.4 Å². The smallest absolute Gasteiger partial charge is 0.330 e. The minimum Gasteiger partial charge on any atom is -0.477 e. The number of aromatic amines is 1. The Labute approximate surface area is 163 Å². The van der Waals surface area contributed by atoms with Crippen LogP contribution in [0.25, 0.3) is 0 Å². The lowest BCUT2D eigenvalue weighted by Gasteiger charge is -2.25. The van der Waals surface area contributed by atoms with E-state index in [9.17, 15) is 14.4 Å². The van der Waals surface area contributed by atoms with Gasteiger partial charge in [0.25, 0.3) is 11.5 Å². The first-order valence-electron chi connectivity index (χ1n) is 9.48. The molecule has 0 saturated carbocycles. The molecule has 2 heterocycles. The third kappa shape index (κ3) is 4.41. The SMILES string of the molecule is CCCCN(C(=O)c1cccnc1OCC)c1c(N)n(CCC)c(=O)[nH]c1=O. The van der Waals surface area contributed by atoms with Crippen molar-refractivity contribution >= 4 is 17.4 Å². The van der Waals surface area contributed by atoms with E-state index in [1.54, 1.807) is 19.1 Å². The van der Waals surface area contributed by atoms with E-state index < -0.39 is 17.2 Å². The van der Waals surface area contributed by atoms with E-state index in [1.807, 2.05) is 13.8 Å². The number of carbonyl (C=O) groups excluding carboxylic acids is 1. The molecule has 0 fully saturated rings. The molecule has 9 heteroatoms. The van der Waals surface area contributed by atoms with Gasteiger partial charge in [0.05, 0.1) is 6.61 Å². The summed E-state index contributed by atoms with van der Waals surface area (Å²) in [6.45, 7) is 6.61. The molecule has 0 unspecified atom stereocenters. The van der Waals surface area contributed by atoms with E-state index in [4.69, 9.17) is 10.5 Å². The summed E-state index contributed by atoms with van der Waals surface area (Å²) in [6.07, 6.45) is 3.64. The van der Waals surface area contributed by atoms with Gasteiger partial charge in [0, 0.05) is 19.3 Å². The fraction of sp³-hybridized carbons (Fsp3) is 0.474. The maximum atomic E-state index is 13.3. The molecule has 0 saturated heterocycles. The van der Waals surface area contributed by atoms with Crippen LogP contribution < -0.4 is 26.6 Å². The second kappa shape index (κ2) is 9.72. The Bertz CT molecular complexity index is 935. The highest BCUT2D eigenvalue weighted by Crippen LogP contribution is 2.23. The van der Waals surface area contributed by atoms with Crippen LogP contribution in [0.1, 0.15) is 50.4 Å². The molecule has 3 N–H and O–H groups in total. The average molecular weight is 389 g/mol. The number of unbranched alkanes of at least 4 members (excludes halogenated alkanes) is 1. The summed E-state index contributed by atoms with van der Waals surface area (Å²) >= 11 is 0. The average Bonchev–Trinajstić information content (AvgIpc) is 2.67. The molecule has 1 amide bonds. The van der Waals surface area contributed by atoms with Crippen LogP contribution in [0.3, 0.4) is 0 Å². The van der Waals surface area contributed by atoms with Crippen LogP contribution >= 0.6 is 0 Å². The zero-order valence-corrected chi connectivity index (χ0v) is 16.5. The maximum Gasteiger partial charge on any atom is 0.330 e. The normalized spacial score (nSPS) is 10.7. The second-order valence-corrected chi connectivity index (χ2v) is 6.24. The van der Waals surface area contributed by atoms with Gasteiger partial charge in [-0.2, -0.15) is 0 Å². The molecule has 2 rings (SSSR count). The largest absolute Gasteiger partial charge is 0.477 e. The van der Waals surface area contributed by atoms with Crippen LogP contribution in [0.2, 0.25) is 0 Å². The molecular formula is C19H27N5O4. The number of ether oxygens (including phenoxy) is 1. The van der Waals surface area contributed by atoms with Crippen molar-refractivity contribution < 1.29 is 9.53 Å². The summed E-state index contributed by atoms with van der Waals surface area (Å²) < 4.78 is 6.73. The Morgan fingerprint density at radius 2 is 2.04 bits per heavy atom. The minimum absolute atomic E-state index is 0.0260. The van der Waals surface area contributed by atoms with Gasteiger partial charge >= 0.3 is 5.69 Å². The number of pyridine rings is 1. The first-order valence-corrected chi connectivity index (χ1v) is 9.48. The molecule has 0 aliphatic rings. The van der Waals surface area contributed by atoms with Crippen molar-refractivity contribution in [3.8, 4) is 5.88 Å². The molecule has 0 aliphatic carbocycles. The summed E-state index contributed by atoms with van der Waals surface area (Å²) in [6, 6.07) is 3.21. The van der Waals surface area contributed by atoms with Gasteiger partial charge in [-0.1, -0.05) is 20.3 Å². The Balaban J connectivity index is 2.62. The van der Waals surface area contributed by atoms with Gasteiger partial charge in [0.15, 0.2) is 5.69 Å². The Hall–Kier alpha value is -3.10. The van der Waals surface area contributed by atoms with E-state index in [0.717, 1.165) is 6.42 Å². The van der Waals surface area contributed by atoms with Gasteiger partial charge in [0.2, 0.25) is 5.88 Å². The van der Waals surface area contributed by atoms with Gasteiger partial charge in [0.1, 0.15) is 11.4 Å². The first kappa shape index (κ1) is 21.2. The van der Waals surface area contributed by atoms with Crippen molar-refractivity contribution in [3.05, 3.63) is 44.7 Å². The Kier molecular flexibility index (Phi) is 7.36. The third-order valence-corrected chi connectivity index (χ3v) is 4.19. The highest BCUT2D eigenvalue weighted by molar-refractivity contribution is 6.08. The number of H-pyrrole nitrogens is 1. The van der Waals surface area contributed by atoms with Gasteiger partial charge in [-0.05, 0) is 31.9 Å². The van der Waals surface area contributed by atoms with E-state index in [2.05, 4.69) is 9.97 Å². The zero-order valence-electron chi connectivity index (χ0n) is 16.5. The molecule has 2 aromatic heterocycles. The number of carbonyl (C=O) groups is 1. The predicted molar refractivity (Wildman–Crippen MR) is 108 cm³/mol. The van der Waals surface area contributed by atoms with E-state index in [-0.39, 0.29) is 29.5 Å². The number of aromatic nitrogens is 3. The van der Waals surface area contributed by atoms with E-state index in [1.165, 1.54) is 15.7 Å². The van der Waals surface area contributed by atoms with Crippen LogP contribution in [-0.4, -0.2) is 33.6 Å². The molecule has 28 heavy (non-hydrogen) atoms. The quantitative estimate of drug-likeness (QED) is 0.674. The van der Waals surface area contributed by atoms with Crippen molar-refractivity contribution in [3.63, 3.8) is 0 Å². The van der Waals surface area contributed by atoms with E-state index >= 15 is 0 Å². The number of hydrogen-bond donors (Lipinski definition) is 2. The number of nitrogen functional groups attached to an aromatic ring is 1. The fourth-order valence-corrected chi connectivity index (χ4v) is 2.87. The van der Waals surface area contributed by atoms with Crippen LogP contribution in [0, 0.1) is 0 Å². The first-order chi connectivity index (χ1) is 13.5. The molecule has 152 valence electrons. The Morgan fingerprint density at radius 3 is 2.68 bits per heavy atom. The zero-order chi connectivity index (χ0) is 20.7. The number of nitrogens with zero attached hydrogens (tertiary/aromatic N) is 3. The summed E-state index contributed by atoms with van der Waals surface area (Å²) in [5.74, 6) is -0.292. The lowest BCUT2D eigenvalue weighted by Crippen LogP contribution is -2.41.